The lowest BCUT2D eigenvalue weighted by atomic mass is 9.92. The van der Waals surface area contributed by atoms with Crippen LogP contribution in [0, 0.1) is 18.2 Å². The van der Waals surface area contributed by atoms with Crippen molar-refractivity contribution in [2.45, 2.75) is 19.1 Å². The highest BCUT2D eigenvalue weighted by Crippen LogP contribution is 2.35. The number of benzene rings is 1. The monoisotopic (exact) mass is 524 g/mol. The summed E-state index contributed by atoms with van der Waals surface area (Å²) in [6, 6.07) is 3.19. The molecule has 0 spiro atoms. The molecule has 0 radical (unpaired) electrons. The van der Waals surface area contributed by atoms with Gasteiger partial charge in [-0.3, -0.25) is 9.89 Å². The summed E-state index contributed by atoms with van der Waals surface area (Å²) in [5.41, 5.74) is 1.57. The number of hydrogen-bond acceptors (Lipinski definition) is 9. The Morgan fingerprint density at radius 2 is 2.30 bits per heavy atom. The van der Waals surface area contributed by atoms with Gasteiger partial charge in [0.05, 0.1) is 24.9 Å². The molecule has 2 aliphatic rings. The van der Waals surface area contributed by atoms with Crippen molar-refractivity contribution in [2.75, 3.05) is 32.8 Å². The number of aromatic nitrogens is 1. The fourth-order valence-corrected chi connectivity index (χ4v) is 4.73. The molecule has 4 rings (SSSR count). The Labute approximate surface area is 217 Å². The first-order valence-electron chi connectivity index (χ1n) is 11.6. The number of aliphatic imine (C=N–C) groups is 1. The van der Waals surface area contributed by atoms with Crippen molar-refractivity contribution in [3.63, 3.8) is 0 Å². The second kappa shape index (κ2) is 11.9. The molecule has 0 aliphatic carbocycles. The average molecular weight is 525 g/mol. The molecular weight excluding hydrogens is 499 g/mol. The number of halogens is 1. The molecule has 2 N–H and O–H groups in total. The predicted octanol–water partition coefficient (Wildman–Crippen LogP) is 2.51. The summed E-state index contributed by atoms with van der Waals surface area (Å²) in [6.07, 6.45) is 9.46. The maximum Gasteiger partial charge on any atom is 0.338 e. The van der Waals surface area contributed by atoms with Gasteiger partial charge in [-0.15, -0.1) is 17.8 Å². The first-order chi connectivity index (χ1) is 17.9. The average Bonchev–Trinajstić information content (AvgIpc) is 3.42. The number of ether oxygens (including phenoxy) is 2. The normalized spacial score (nSPS) is 20.3. The fraction of sp³-hybridized carbons (Fsp3) is 0.308. The van der Waals surface area contributed by atoms with Gasteiger partial charge in [0.1, 0.15) is 11.9 Å². The van der Waals surface area contributed by atoms with Gasteiger partial charge in [-0.1, -0.05) is 12.0 Å². The summed E-state index contributed by atoms with van der Waals surface area (Å²) < 4.78 is 25.1. The molecule has 192 valence electrons. The second-order valence-electron chi connectivity index (χ2n) is 8.17. The number of carboxylic acid groups (broad SMARTS) is 1. The van der Waals surface area contributed by atoms with E-state index in [4.69, 9.17) is 26.0 Å². The van der Waals surface area contributed by atoms with Crippen molar-refractivity contribution in [1.29, 1.82) is 0 Å². The molecule has 37 heavy (non-hydrogen) atoms. The van der Waals surface area contributed by atoms with Gasteiger partial charge in [0.25, 0.3) is 0 Å². The zero-order chi connectivity index (χ0) is 26.4. The Balaban J connectivity index is 1.77. The smallest absolute Gasteiger partial charge is 0.338 e. The second-order valence-corrected chi connectivity index (χ2v) is 9.07. The Hall–Kier alpha value is -3.85. The molecule has 2 aromatic rings. The van der Waals surface area contributed by atoms with Crippen LogP contribution in [0.5, 0.6) is 0 Å². The number of nitrogens with one attached hydrogen (secondary N) is 1. The number of esters is 1. The highest BCUT2D eigenvalue weighted by molar-refractivity contribution is 7.11. The number of carbonyl (C=O) groups is 2. The van der Waals surface area contributed by atoms with E-state index in [1.54, 1.807) is 13.1 Å². The lowest BCUT2D eigenvalue weighted by Gasteiger charge is -2.34. The highest BCUT2D eigenvalue weighted by Gasteiger charge is 2.35. The minimum Gasteiger partial charge on any atom is -0.478 e. The number of hydrogen-bond donors (Lipinski definition) is 2. The minimum atomic E-state index is -1.06. The molecule has 0 bridgehead atoms. The number of carbonyl (C=O) groups excluding carboxylic acids is 1. The standard InChI is InChI=1S/C26H25FN4O5S/c1-3-16-13-17(27)5-7-19(16)23-22(26(34)35-4-2)20(29-24(30-23)25-28-9-12-37-25)15-31-10-11-36-18(14-31)6-8-21(32)33/h1,5-9,12-13,18,23H,4,10-11,14-15H2,2H3,(H,29,30)(H,32,33)/b8-6+/t18-,23-/m1/s1. The van der Waals surface area contributed by atoms with E-state index in [-0.39, 0.29) is 17.7 Å². The van der Waals surface area contributed by atoms with Gasteiger partial charge in [0.2, 0.25) is 0 Å². The largest absolute Gasteiger partial charge is 0.478 e. The Kier molecular flexibility index (Phi) is 8.45. The highest BCUT2D eigenvalue weighted by atomic mass is 32.1. The van der Waals surface area contributed by atoms with Crippen LogP contribution >= 0.6 is 11.3 Å². The number of terminal acetylenes is 1. The van der Waals surface area contributed by atoms with E-state index in [2.05, 4.69) is 16.2 Å². The third-order valence-corrected chi connectivity index (χ3v) is 6.51. The molecule has 0 amide bonds. The first-order valence-corrected chi connectivity index (χ1v) is 12.4. The topological polar surface area (TPSA) is 113 Å². The van der Waals surface area contributed by atoms with E-state index in [1.165, 1.54) is 35.6 Å². The van der Waals surface area contributed by atoms with Crippen LogP contribution in [0.15, 0.2) is 58.2 Å². The van der Waals surface area contributed by atoms with Crippen LogP contribution in [0.3, 0.4) is 0 Å². The number of morpholine rings is 1. The van der Waals surface area contributed by atoms with Gasteiger partial charge in [-0.05, 0) is 30.7 Å². The molecule has 3 heterocycles. The lowest BCUT2D eigenvalue weighted by molar-refractivity contribution is -0.139. The van der Waals surface area contributed by atoms with Gasteiger partial charge in [-0.25, -0.2) is 19.0 Å². The first kappa shape index (κ1) is 26.2. The number of rotatable bonds is 8. The molecule has 2 atom stereocenters. The molecular formula is C26H25FN4O5S. The summed E-state index contributed by atoms with van der Waals surface area (Å²) in [7, 11) is 0. The maximum absolute atomic E-state index is 14.0. The van der Waals surface area contributed by atoms with Gasteiger partial charge >= 0.3 is 11.9 Å². The molecule has 2 aliphatic heterocycles. The van der Waals surface area contributed by atoms with E-state index >= 15 is 0 Å². The van der Waals surface area contributed by atoms with Crippen LogP contribution in [-0.4, -0.2) is 71.7 Å². The van der Waals surface area contributed by atoms with Crippen molar-refractivity contribution in [1.82, 2.24) is 15.2 Å². The summed E-state index contributed by atoms with van der Waals surface area (Å²) in [4.78, 5) is 35.4. The molecule has 0 unspecified atom stereocenters. The van der Waals surface area contributed by atoms with Crippen LogP contribution in [0.4, 0.5) is 4.39 Å². The molecule has 1 saturated heterocycles. The predicted molar refractivity (Wildman–Crippen MR) is 135 cm³/mol. The van der Waals surface area contributed by atoms with Crippen LogP contribution in [0.2, 0.25) is 0 Å². The van der Waals surface area contributed by atoms with Gasteiger partial charge < -0.3 is 19.9 Å². The summed E-state index contributed by atoms with van der Waals surface area (Å²) >= 11 is 1.37. The van der Waals surface area contributed by atoms with E-state index < -0.39 is 29.9 Å². The Bertz CT molecular complexity index is 1300. The third-order valence-electron chi connectivity index (χ3n) is 5.73. The summed E-state index contributed by atoms with van der Waals surface area (Å²) in [5, 5.41) is 14.6. The minimum absolute atomic E-state index is 0.149. The number of carboxylic acids is 1. The van der Waals surface area contributed by atoms with Crippen LogP contribution < -0.4 is 5.32 Å². The Morgan fingerprint density at radius 3 is 3.00 bits per heavy atom. The van der Waals surface area contributed by atoms with Crippen molar-refractivity contribution >= 4 is 29.1 Å². The van der Waals surface area contributed by atoms with E-state index in [0.29, 0.717) is 48.3 Å². The Morgan fingerprint density at radius 1 is 1.46 bits per heavy atom. The van der Waals surface area contributed by atoms with Crippen molar-refractivity contribution < 1.29 is 28.6 Å². The number of nitrogens with zero attached hydrogens (tertiary/aromatic N) is 3. The van der Waals surface area contributed by atoms with Crippen LogP contribution in [0.1, 0.15) is 29.1 Å². The lowest BCUT2D eigenvalue weighted by Crippen LogP contribution is -2.46. The number of amidine groups is 1. The van der Waals surface area contributed by atoms with Gasteiger partial charge in [0.15, 0.2) is 10.8 Å². The molecule has 1 aromatic carbocycles. The van der Waals surface area contributed by atoms with E-state index in [1.807, 2.05) is 10.3 Å². The molecule has 11 heteroatoms. The summed E-state index contributed by atoms with van der Waals surface area (Å²) in [6.45, 7) is 3.50. The van der Waals surface area contributed by atoms with Crippen molar-refractivity contribution in [2.24, 2.45) is 4.99 Å². The van der Waals surface area contributed by atoms with Gasteiger partial charge in [-0.2, -0.15) is 0 Å². The van der Waals surface area contributed by atoms with Crippen LogP contribution in [-0.2, 0) is 19.1 Å². The molecule has 0 saturated carbocycles. The zero-order valence-corrected chi connectivity index (χ0v) is 20.8. The number of aliphatic carboxylic acids is 1. The zero-order valence-electron chi connectivity index (χ0n) is 20.0. The molecule has 1 aromatic heterocycles. The van der Waals surface area contributed by atoms with Crippen molar-refractivity contribution in [3.05, 3.63) is 75.1 Å². The maximum atomic E-state index is 14.0. The van der Waals surface area contributed by atoms with E-state index in [9.17, 15) is 14.0 Å². The molecule has 9 nitrogen and oxygen atoms in total. The van der Waals surface area contributed by atoms with Gasteiger partial charge in [0, 0.05) is 48.5 Å². The third kappa shape index (κ3) is 6.29. The van der Waals surface area contributed by atoms with Crippen molar-refractivity contribution in [3.8, 4) is 12.3 Å². The molecule has 1 fully saturated rings. The number of thiazole rings is 1. The fourth-order valence-electron chi connectivity index (χ4n) is 4.14. The summed E-state index contributed by atoms with van der Waals surface area (Å²) in [5.74, 6) is 0.828. The quantitative estimate of drug-likeness (QED) is 0.308. The SMILES string of the molecule is C#Cc1cc(F)ccc1[C@H]1N=C(c2nccs2)NC(CN2CCO[C@H](/C=C/C(=O)O)C2)=C1C(=O)OCC. The van der Waals surface area contributed by atoms with Crippen LogP contribution in [0.25, 0.3) is 0 Å². The van der Waals surface area contributed by atoms with E-state index in [0.717, 1.165) is 6.08 Å².